The van der Waals surface area contributed by atoms with E-state index in [2.05, 4.69) is 27.7 Å². The molecule has 10 nitrogen and oxygen atoms in total. The predicted octanol–water partition coefficient (Wildman–Crippen LogP) is 5.47. The average molecular weight is 564 g/mol. The molecule has 212 valence electrons. The Balaban J connectivity index is 1.17. The smallest absolute Gasteiger partial charge is 0.310 e. The Morgan fingerprint density at radius 1 is 0.857 bits per heavy atom. The summed E-state index contributed by atoms with van der Waals surface area (Å²) in [5.74, 6) is -0.0599. The second-order valence-electron chi connectivity index (χ2n) is 10.2. The van der Waals surface area contributed by atoms with Crippen molar-refractivity contribution < 1.29 is 19.2 Å². The van der Waals surface area contributed by atoms with Crippen LogP contribution in [0.1, 0.15) is 15.9 Å². The Labute approximate surface area is 242 Å². The summed E-state index contributed by atoms with van der Waals surface area (Å²) in [6.07, 6.45) is 0.244. The maximum atomic E-state index is 13.1. The first-order valence-electron chi connectivity index (χ1n) is 13.7. The SMILES string of the molecule is COc1cc(-c2ccc3c(c2)Nc2ccc(CC(=O)N4CCN(c5ccccc5)CC4)cc2NC3=O)ccc1[N+](=O)[O-]. The number of nitro groups is 1. The van der Waals surface area contributed by atoms with Crippen molar-refractivity contribution >= 4 is 40.3 Å². The van der Waals surface area contributed by atoms with Gasteiger partial charge in [-0.15, -0.1) is 0 Å². The average Bonchev–Trinajstić information content (AvgIpc) is 3.15. The third-order valence-electron chi connectivity index (χ3n) is 7.68. The molecule has 0 unspecified atom stereocenters. The van der Waals surface area contributed by atoms with Gasteiger partial charge in [-0.2, -0.15) is 0 Å². The quantitative estimate of drug-likeness (QED) is 0.236. The number of carbonyl (C=O) groups is 2. The summed E-state index contributed by atoms with van der Waals surface area (Å²) < 4.78 is 5.21. The number of nitrogens with zero attached hydrogens (tertiary/aromatic N) is 3. The van der Waals surface area contributed by atoms with E-state index < -0.39 is 4.92 Å². The van der Waals surface area contributed by atoms with Crippen LogP contribution in [0.2, 0.25) is 0 Å². The summed E-state index contributed by atoms with van der Waals surface area (Å²) in [6, 6.07) is 25.8. The molecule has 0 aromatic heterocycles. The summed E-state index contributed by atoms with van der Waals surface area (Å²) in [5, 5.41) is 17.6. The van der Waals surface area contributed by atoms with E-state index in [-0.39, 0.29) is 29.7 Å². The molecule has 2 heterocycles. The van der Waals surface area contributed by atoms with Crippen molar-refractivity contribution in [2.45, 2.75) is 6.42 Å². The van der Waals surface area contributed by atoms with Crippen molar-refractivity contribution in [2.24, 2.45) is 0 Å². The highest BCUT2D eigenvalue weighted by molar-refractivity contribution is 6.12. The molecule has 42 heavy (non-hydrogen) atoms. The van der Waals surface area contributed by atoms with Gasteiger partial charge in [0, 0.05) is 37.9 Å². The van der Waals surface area contributed by atoms with Crippen LogP contribution in [0.3, 0.4) is 0 Å². The molecule has 2 aliphatic heterocycles. The molecule has 2 N–H and O–H groups in total. The van der Waals surface area contributed by atoms with Crippen molar-refractivity contribution in [2.75, 3.05) is 48.8 Å². The maximum absolute atomic E-state index is 13.1. The van der Waals surface area contributed by atoms with Crippen LogP contribution in [0, 0.1) is 10.1 Å². The zero-order valence-corrected chi connectivity index (χ0v) is 23.0. The lowest BCUT2D eigenvalue weighted by Gasteiger charge is -2.36. The number of fused-ring (bicyclic) bond motifs is 2. The van der Waals surface area contributed by atoms with Gasteiger partial charge in [0.15, 0.2) is 5.75 Å². The Bertz CT molecular complexity index is 1680. The number of nitrogens with one attached hydrogen (secondary N) is 2. The number of nitro benzene ring substituents is 1. The maximum Gasteiger partial charge on any atom is 0.310 e. The molecule has 4 aromatic carbocycles. The number of hydrogen-bond acceptors (Lipinski definition) is 7. The molecule has 0 aliphatic carbocycles. The minimum atomic E-state index is -0.490. The van der Waals surface area contributed by atoms with Crippen LogP contribution >= 0.6 is 0 Å². The third kappa shape index (κ3) is 5.34. The largest absolute Gasteiger partial charge is 0.490 e. The zero-order valence-electron chi connectivity index (χ0n) is 23.0. The van der Waals surface area contributed by atoms with E-state index in [9.17, 15) is 19.7 Å². The Kier molecular flexibility index (Phi) is 7.18. The lowest BCUT2D eigenvalue weighted by atomic mass is 10.0. The molecule has 0 saturated carbocycles. The molecule has 0 radical (unpaired) electrons. The first-order valence-corrected chi connectivity index (χ1v) is 13.7. The van der Waals surface area contributed by atoms with E-state index in [1.54, 1.807) is 24.3 Å². The van der Waals surface area contributed by atoms with Crippen molar-refractivity contribution in [3.05, 3.63) is 106 Å². The van der Waals surface area contributed by atoms with E-state index in [0.717, 1.165) is 24.2 Å². The fraction of sp³-hybridized carbons (Fsp3) is 0.188. The number of anilines is 4. The van der Waals surface area contributed by atoms with E-state index in [1.165, 1.54) is 18.9 Å². The van der Waals surface area contributed by atoms with Gasteiger partial charge in [0.2, 0.25) is 5.91 Å². The molecule has 2 amide bonds. The summed E-state index contributed by atoms with van der Waals surface area (Å²) in [7, 11) is 1.39. The number of amides is 2. The van der Waals surface area contributed by atoms with Gasteiger partial charge in [0.25, 0.3) is 5.91 Å². The number of methoxy groups -OCH3 is 1. The van der Waals surface area contributed by atoms with Gasteiger partial charge in [0.05, 0.1) is 41.1 Å². The molecule has 6 rings (SSSR count). The summed E-state index contributed by atoms with van der Waals surface area (Å²) in [5.41, 5.74) is 5.69. The predicted molar refractivity (Wildman–Crippen MR) is 162 cm³/mol. The van der Waals surface area contributed by atoms with Gasteiger partial charge in [-0.25, -0.2) is 0 Å². The van der Waals surface area contributed by atoms with Crippen LogP contribution in [0.25, 0.3) is 11.1 Å². The summed E-state index contributed by atoms with van der Waals surface area (Å²) in [6.45, 7) is 2.89. The summed E-state index contributed by atoms with van der Waals surface area (Å²) in [4.78, 5) is 41.2. The highest BCUT2D eigenvalue weighted by atomic mass is 16.6. The van der Waals surface area contributed by atoms with Gasteiger partial charge < -0.3 is 25.2 Å². The topological polar surface area (TPSA) is 117 Å². The van der Waals surface area contributed by atoms with E-state index in [1.807, 2.05) is 47.4 Å². The number of piperazine rings is 1. The molecule has 0 atom stereocenters. The van der Waals surface area contributed by atoms with Crippen LogP contribution in [0.5, 0.6) is 5.75 Å². The van der Waals surface area contributed by atoms with Gasteiger partial charge in [-0.05, 0) is 65.2 Å². The number of benzene rings is 4. The van der Waals surface area contributed by atoms with Crippen molar-refractivity contribution in [1.29, 1.82) is 0 Å². The molecule has 1 fully saturated rings. The first-order chi connectivity index (χ1) is 20.4. The molecule has 4 aromatic rings. The molecular formula is C32H29N5O5. The fourth-order valence-corrected chi connectivity index (χ4v) is 5.42. The van der Waals surface area contributed by atoms with Crippen LogP contribution in [-0.4, -0.2) is 54.9 Å². The Hall–Kier alpha value is -5.38. The van der Waals surface area contributed by atoms with Gasteiger partial charge in [-0.3, -0.25) is 19.7 Å². The number of hydrogen-bond donors (Lipinski definition) is 2. The van der Waals surface area contributed by atoms with Crippen LogP contribution < -0.4 is 20.3 Å². The molecule has 2 aliphatic rings. The summed E-state index contributed by atoms with van der Waals surface area (Å²) >= 11 is 0. The monoisotopic (exact) mass is 563 g/mol. The minimum Gasteiger partial charge on any atom is -0.490 e. The number of para-hydroxylation sites is 1. The second-order valence-corrected chi connectivity index (χ2v) is 10.2. The minimum absolute atomic E-state index is 0.0574. The Morgan fingerprint density at radius 3 is 2.33 bits per heavy atom. The van der Waals surface area contributed by atoms with Crippen molar-refractivity contribution in [3.8, 4) is 16.9 Å². The van der Waals surface area contributed by atoms with E-state index >= 15 is 0 Å². The third-order valence-corrected chi connectivity index (χ3v) is 7.68. The Morgan fingerprint density at radius 2 is 1.60 bits per heavy atom. The molecule has 0 spiro atoms. The van der Waals surface area contributed by atoms with Crippen LogP contribution in [0.15, 0.2) is 84.9 Å². The molecular weight excluding hydrogens is 534 g/mol. The van der Waals surface area contributed by atoms with Crippen molar-refractivity contribution in [1.82, 2.24) is 4.90 Å². The lowest BCUT2D eigenvalue weighted by molar-refractivity contribution is -0.385. The lowest BCUT2D eigenvalue weighted by Crippen LogP contribution is -2.49. The van der Waals surface area contributed by atoms with Crippen LogP contribution in [0.4, 0.5) is 28.4 Å². The van der Waals surface area contributed by atoms with Crippen molar-refractivity contribution in [3.63, 3.8) is 0 Å². The van der Waals surface area contributed by atoms with E-state index in [4.69, 9.17) is 4.74 Å². The second kappa shape index (κ2) is 11.2. The van der Waals surface area contributed by atoms with E-state index in [0.29, 0.717) is 41.3 Å². The zero-order chi connectivity index (χ0) is 29.2. The molecule has 0 bridgehead atoms. The van der Waals surface area contributed by atoms with Gasteiger partial charge in [0.1, 0.15) is 0 Å². The molecule has 1 saturated heterocycles. The number of rotatable bonds is 6. The van der Waals surface area contributed by atoms with Crippen LogP contribution in [-0.2, 0) is 11.2 Å². The highest BCUT2D eigenvalue weighted by Crippen LogP contribution is 2.37. The normalized spacial score (nSPS) is 14.2. The molecule has 10 heteroatoms. The fourth-order valence-electron chi connectivity index (χ4n) is 5.42. The van der Waals surface area contributed by atoms with Gasteiger partial charge >= 0.3 is 5.69 Å². The standard InChI is InChI=1S/C32H29N5O5/c1-42-30-20-23(9-12-29(30)37(40)41)22-8-10-25-27(19-22)33-26-11-7-21(17-28(26)34-32(25)39)18-31(38)36-15-13-35(14-16-36)24-5-3-2-4-6-24/h2-12,17,19-20,33H,13-16,18H2,1H3,(H,34,39). The van der Waals surface area contributed by atoms with Gasteiger partial charge in [-0.1, -0.05) is 30.3 Å². The number of carbonyl (C=O) groups excluding carboxylic acids is 2. The number of ether oxygens (including phenoxy) is 1. The first kappa shape index (κ1) is 26.8. The highest BCUT2D eigenvalue weighted by Gasteiger charge is 2.24.